The van der Waals surface area contributed by atoms with Gasteiger partial charge in [-0.2, -0.15) is 0 Å². The number of rotatable bonds is 13. The molecule has 2 fully saturated rings. The Hall–Kier alpha value is -3.71. The zero-order valence-corrected chi connectivity index (χ0v) is 25.2. The minimum atomic E-state index is -1.15. The molecule has 2 saturated heterocycles. The summed E-state index contributed by atoms with van der Waals surface area (Å²) >= 11 is 0. The Labute approximate surface area is 250 Å². The normalized spacial score (nSPS) is 23.7. The number of ether oxygens (including phenoxy) is 6. The van der Waals surface area contributed by atoms with E-state index in [1.165, 1.54) is 26.4 Å². The number of benzene rings is 2. The SMILES string of the molecule is COc1cc(OC)cc(C(=O)N[C@H](C(=O)N[C@H](CC(=O)O)[C@H]2O[C@@H]3OC(C)(C)O[C@@H]3[C@H]2OCc2ccccc2)C(C)C)c1. The van der Waals surface area contributed by atoms with Crippen LogP contribution in [0.5, 0.6) is 11.5 Å². The Bertz CT molecular complexity index is 1260. The maximum atomic E-state index is 13.7. The maximum absolute atomic E-state index is 13.7. The van der Waals surface area contributed by atoms with Crippen molar-refractivity contribution in [1.82, 2.24) is 10.6 Å². The van der Waals surface area contributed by atoms with Crippen LogP contribution in [0.3, 0.4) is 0 Å². The quantitative estimate of drug-likeness (QED) is 0.313. The second-order valence-corrected chi connectivity index (χ2v) is 11.3. The largest absolute Gasteiger partial charge is 0.497 e. The number of carboxylic acid groups (broad SMARTS) is 1. The summed E-state index contributed by atoms with van der Waals surface area (Å²) in [5.74, 6) is -2.71. The average molecular weight is 601 g/mol. The number of carbonyl (C=O) groups excluding carboxylic acids is 2. The second kappa shape index (κ2) is 13.7. The van der Waals surface area contributed by atoms with Crippen molar-refractivity contribution in [3.05, 3.63) is 59.7 Å². The highest BCUT2D eigenvalue weighted by atomic mass is 16.8. The highest BCUT2D eigenvalue weighted by molar-refractivity contribution is 5.98. The molecule has 0 spiro atoms. The fourth-order valence-corrected chi connectivity index (χ4v) is 5.19. The van der Waals surface area contributed by atoms with Gasteiger partial charge in [0.1, 0.15) is 35.9 Å². The molecule has 2 aliphatic heterocycles. The van der Waals surface area contributed by atoms with Crippen molar-refractivity contribution in [1.29, 1.82) is 0 Å². The topological polar surface area (TPSA) is 151 Å². The van der Waals surface area contributed by atoms with E-state index in [1.807, 2.05) is 30.3 Å². The van der Waals surface area contributed by atoms with Crippen molar-refractivity contribution in [3.8, 4) is 11.5 Å². The van der Waals surface area contributed by atoms with Crippen molar-refractivity contribution in [2.75, 3.05) is 14.2 Å². The maximum Gasteiger partial charge on any atom is 0.305 e. The van der Waals surface area contributed by atoms with Crippen molar-refractivity contribution >= 4 is 17.8 Å². The van der Waals surface area contributed by atoms with Gasteiger partial charge in [0, 0.05) is 11.6 Å². The minimum Gasteiger partial charge on any atom is -0.497 e. The van der Waals surface area contributed by atoms with Crippen LogP contribution in [-0.2, 0) is 35.1 Å². The molecule has 0 radical (unpaired) electrons. The highest BCUT2D eigenvalue weighted by Gasteiger charge is 2.57. The summed E-state index contributed by atoms with van der Waals surface area (Å²) in [5.41, 5.74) is 1.13. The first kappa shape index (κ1) is 32.2. The van der Waals surface area contributed by atoms with Crippen LogP contribution in [0.1, 0.15) is 50.0 Å². The lowest BCUT2D eigenvalue weighted by Crippen LogP contribution is -2.57. The standard InChI is InChI=1S/C31H40N2O10/c1-17(2)24(33-28(36)19-12-20(38-5)14-21(13-19)39-6)29(37)32-22(15-23(34)35)25-26(40-16-18-10-8-7-9-11-18)27-30(41-25)43-31(3,4)42-27/h7-14,17,22,24-27,30H,15-16H2,1-6H3,(H,32,37)(H,33,36)(H,34,35)/t22-,24+,25-,26+,27-,30-/m1/s1. The summed E-state index contributed by atoms with van der Waals surface area (Å²) in [5, 5.41) is 15.3. The molecule has 2 amide bonds. The molecule has 0 aliphatic carbocycles. The van der Waals surface area contributed by atoms with Crippen molar-refractivity contribution in [2.45, 2.75) is 83.2 Å². The van der Waals surface area contributed by atoms with E-state index in [1.54, 1.807) is 33.8 Å². The van der Waals surface area contributed by atoms with Gasteiger partial charge in [-0.05, 0) is 37.5 Å². The lowest BCUT2D eigenvalue weighted by atomic mass is 9.98. The van der Waals surface area contributed by atoms with Gasteiger partial charge in [0.05, 0.1) is 33.3 Å². The van der Waals surface area contributed by atoms with Crippen molar-refractivity contribution < 1.29 is 47.9 Å². The van der Waals surface area contributed by atoms with E-state index in [9.17, 15) is 19.5 Å². The zero-order chi connectivity index (χ0) is 31.3. The number of hydrogen-bond donors (Lipinski definition) is 3. The molecule has 0 saturated carbocycles. The molecule has 2 aromatic rings. The van der Waals surface area contributed by atoms with E-state index in [4.69, 9.17) is 28.4 Å². The van der Waals surface area contributed by atoms with Crippen LogP contribution in [0.2, 0.25) is 0 Å². The first-order valence-electron chi connectivity index (χ1n) is 14.1. The van der Waals surface area contributed by atoms with Crippen LogP contribution < -0.4 is 20.1 Å². The molecule has 0 aromatic heterocycles. The molecule has 2 aromatic carbocycles. The number of methoxy groups -OCH3 is 2. The van der Waals surface area contributed by atoms with E-state index in [2.05, 4.69) is 10.6 Å². The Kier molecular flexibility index (Phi) is 10.3. The molecule has 0 unspecified atom stereocenters. The Morgan fingerprint density at radius 2 is 1.63 bits per heavy atom. The minimum absolute atomic E-state index is 0.209. The molecule has 4 rings (SSSR count). The number of nitrogens with one attached hydrogen (secondary N) is 2. The molecule has 0 bridgehead atoms. The summed E-state index contributed by atoms with van der Waals surface area (Å²) in [7, 11) is 2.94. The van der Waals surface area contributed by atoms with Gasteiger partial charge in [-0.25, -0.2) is 0 Å². The van der Waals surface area contributed by atoms with Gasteiger partial charge in [0.15, 0.2) is 12.1 Å². The van der Waals surface area contributed by atoms with Crippen molar-refractivity contribution in [3.63, 3.8) is 0 Å². The number of carbonyl (C=O) groups is 3. The number of hydrogen-bond acceptors (Lipinski definition) is 9. The molecule has 2 aliphatic rings. The third-order valence-corrected chi connectivity index (χ3v) is 7.28. The van der Waals surface area contributed by atoms with E-state index in [0.29, 0.717) is 11.5 Å². The number of carboxylic acids is 1. The summed E-state index contributed by atoms with van der Waals surface area (Å²) < 4.78 is 34.9. The Morgan fingerprint density at radius 1 is 0.977 bits per heavy atom. The molecule has 12 heteroatoms. The van der Waals surface area contributed by atoms with Crippen molar-refractivity contribution in [2.24, 2.45) is 5.92 Å². The number of fused-ring (bicyclic) bond motifs is 1. The molecule has 3 N–H and O–H groups in total. The molecule has 12 nitrogen and oxygen atoms in total. The predicted octanol–water partition coefficient (Wildman–Crippen LogP) is 2.88. The lowest BCUT2D eigenvalue weighted by Gasteiger charge is -2.32. The fourth-order valence-electron chi connectivity index (χ4n) is 5.19. The van der Waals surface area contributed by atoms with Gasteiger partial charge in [-0.15, -0.1) is 0 Å². The summed E-state index contributed by atoms with van der Waals surface area (Å²) in [6, 6.07) is 12.1. The predicted molar refractivity (Wildman–Crippen MR) is 154 cm³/mol. The second-order valence-electron chi connectivity index (χ2n) is 11.3. The monoisotopic (exact) mass is 600 g/mol. The van der Waals surface area contributed by atoms with Crippen LogP contribution in [-0.4, -0.2) is 79.6 Å². The van der Waals surface area contributed by atoms with Crippen LogP contribution in [0.15, 0.2) is 48.5 Å². The van der Waals surface area contributed by atoms with Crippen LogP contribution in [0.25, 0.3) is 0 Å². The molecule has 43 heavy (non-hydrogen) atoms. The van der Waals surface area contributed by atoms with Crippen LogP contribution >= 0.6 is 0 Å². The highest BCUT2D eigenvalue weighted by Crippen LogP contribution is 2.40. The van der Waals surface area contributed by atoms with Gasteiger partial charge in [0.2, 0.25) is 5.91 Å². The zero-order valence-electron chi connectivity index (χ0n) is 25.2. The number of amides is 2. The van der Waals surface area contributed by atoms with Crippen LogP contribution in [0, 0.1) is 5.92 Å². The Morgan fingerprint density at radius 3 is 2.21 bits per heavy atom. The third kappa shape index (κ3) is 8.02. The van der Waals surface area contributed by atoms with Gasteiger partial charge in [-0.1, -0.05) is 44.2 Å². The molecule has 6 atom stereocenters. The summed E-state index contributed by atoms with van der Waals surface area (Å²) in [6.45, 7) is 7.26. The van der Waals surface area contributed by atoms with Gasteiger partial charge >= 0.3 is 5.97 Å². The first-order chi connectivity index (χ1) is 20.4. The lowest BCUT2D eigenvalue weighted by molar-refractivity contribution is -0.223. The van der Waals surface area contributed by atoms with E-state index in [0.717, 1.165) is 5.56 Å². The Balaban J connectivity index is 1.54. The van der Waals surface area contributed by atoms with E-state index < -0.39 is 66.7 Å². The van der Waals surface area contributed by atoms with Gasteiger partial charge < -0.3 is 44.2 Å². The summed E-state index contributed by atoms with van der Waals surface area (Å²) in [4.78, 5) is 38.8. The van der Waals surface area contributed by atoms with Gasteiger partial charge in [0.25, 0.3) is 5.91 Å². The van der Waals surface area contributed by atoms with Crippen LogP contribution in [0.4, 0.5) is 0 Å². The first-order valence-corrected chi connectivity index (χ1v) is 14.1. The fraction of sp³-hybridized carbons (Fsp3) is 0.516. The van der Waals surface area contributed by atoms with E-state index in [-0.39, 0.29) is 18.1 Å². The smallest absolute Gasteiger partial charge is 0.305 e. The number of aliphatic carboxylic acids is 1. The van der Waals surface area contributed by atoms with Gasteiger partial charge in [-0.3, -0.25) is 14.4 Å². The summed E-state index contributed by atoms with van der Waals surface area (Å²) in [6.07, 6.45) is -3.61. The molecular weight excluding hydrogens is 560 g/mol. The molecular formula is C31H40N2O10. The average Bonchev–Trinajstić information content (AvgIpc) is 3.45. The molecule has 234 valence electrons. The molecule has 2 heterocycles. The van der Waals surface area contributed by atoms with E-state index >= 15 is 0 Å². The third-order valence-electron chi connectivity index (χ3n) is 7.28.